The lowest BCUT2D eigenvalue weighted by Crippen LogP contribution is -1.75. The van der Waals surface area contributed by atoms with Crippen LogP contribution in [0.4, 0.5) is 0 Å². The van der Waals surface area contributed by atoms with E-state index in [1.165, 1.54) is 24.3 Å². The van der Waals surface area contributed by atoms with Gasteiger partial charge in [-0.05, 0) is 58.3 Å². The average Bonchev–Trinajstić information content (AvgIpc) is 2.46. The lowest BCUT2D eigenvalue weighted by molar-refractivity contribution is 1.43. The predicted octanol–water partition coefficient (Wildman–Crippen LogP) is 4.69. The molecule has 1 heterocycles. The first-order valence-electron chi connectivity index (χ1n) is 3.94. The van der Waals surface area contributed by atoms with Gasteiger partial charge in [-0.3, -0.25) is 0 Å². The van der Waals surface area contributed by atoms with Crippen molar-refractivity contribution in [1.29, 1.82) is 0 Å². The second-order valence-corrected chi connectivity index (χ2v) is 6.25. The van der Waals surface area contributed by atoms with Crippen LogP contribution >= 0.6 is 39.0 Å². The van der Waals surface area contributed by atoms with Crippen molar-refractivity contribution in [3.8, 4) is 0 Å². The van der Waals surface area contributed by atoms with Gasteiger partial charge in [0.25, 0.3) is 0 Å². The molecule has 0 aliphatic rings. The molecule has 0 saturated heterocycles. The molecule has 1 aromatic carbocycles. The Labute approximate surface area is 94.5 Å². The van der Waals surface area contributed by atoms with Crippen LogP contribution in [0.2, 0.25) is 0 Å². The van der Waals surface area contributed by atoms with E-state index < -0.39 is 0 Å². The quantitative estimate of drug-likeness (QED) is 0.679. The van der Waals surface area contributed by atoms with Gasteiger partial charge in [-0.1, -0.05) is 0 Å². The Morgan fingerprint density at radius 1 is 1.31 bits per heavy atom. The summed E-state index contributed by atoms with van der Waals surface area (Å²) in [6.07, 6.45) is 2.11. The van der Waals surface area contributed by atoms with Crippen LogP contribution in [0.25, 0.3) is 10.1 Å². The van der Waals surface area contributed by atoms with Crippen molar-refractivity contribution in [2.45, 2.75) is 11.8 Å². The maximum absolute atomic E-state index is 3.52. The molecule has 0 N–H and O–H groups in total. The summed E-state index contributed by atoms with van der Waals surface area (Å²) in [5.74, 6) is 0. The minimum Gasteiger partial charge on any atom is -0.130 e. The molecule has 0 bridgehead atoms. The van der Waals surface area contributed by atoms with Crippen molar-refractivity contribution < 1.29 is 0 Å². The summed E-state index contributed by atoms with van der Waals surface area (Å²) in [7, 11) is 0. The van der Waals surface area contributed by atoms with Crippen molar-refractivity contribution in [2.24, 2.45) is 0 Å². The number of fused-ring (bicyclic) bond motifs is 1. The molecule has 2 rings (SSSR count). The second-order valence-electron chi connectivity index (χ2n) is 2.91. The standard InChI is InChI=1S/C10H9BrS2/c1-6-3-7(12-2)4-9-8(6)5-10(11)13-9/h3-5H,1-2H3. The molecule has 0 aliphatic heterocycles. The first kappa shape index (κ1) is 9.56. The van der Waals surface area contributed by atoms with Gasteiger partial charge in [0.1, 0.15) is 0 Å². The van der Waals surface area contributed by atoms with E-state index in [1.54, 1.807) is 23.1 Å². The van der Waals surface area contributed by atoms with E-state index in [0.29, 0.717) is 0 Å². The zero-order chi connectivity index (χ0) is 9.42. The molecule has 2 aromatic rings. The Balaban J connectivity index is 2.75. The summed E-state index contributed by atoms with van der Waals surface area (Å²) in [6, 6.07) is 6.69. The highest BCUT2D eigenvalue weighted by molar-refractivity contribution is 9.11. The molecule has 0 aliphatic carbocycles. The number of thioether (sulfide) groups is 1. The first-order chi connectivity index (χ1) is 6.20. The molecule has 3 heteroatoms. The van der Waals surface area contributed by atoms with Crippen molar-refractivity contribution in [3.05, 3.63) is 27.5 Å². The average molecular weight is 273 g/mol. The third-order valence-electron chi connectivity index (χ3n) is 2.02. The number of hydrogen-bond donors (Lipinski definition) is 0. The molecular weight excluding hydrogens is 264 g/mol. The van der Waals surface area contributed by atoms with Crippen LogP contribution in [0.1, 0.15) is 5.56 Å². The Morgan fingerprint density at radius 2 is 2.08 bits per heavy atom. The number of hydrogen-bond acceptors (Lipinski definition) is 2. The molecule has 0 fully saturated rings. The van der Waals surface area contributed by atoms with E-state index in [4.69, 9.17) is 0 Å². The van der Waals surface area contributed by atoms with E-state index >= 15 is 0 Å². The van der Waals surface area contributed by atoms with Gasteiger partial charge >= 0.3 is 0 Å². The number of aryl methyl sites for hydroxylation is 1. The predicted molar refractivity (Wildman–Crippen MR) is 66.0 cm³/mol. The van der Waals surface area contributed by atoms with Gasteiger partial charge in [0, 0.05) is 9.60 Å². The fourth-order valence-corrected chi connectivity index (χ4v) is 3.63. The van der Waals surface area contributed by atoms with Gasteiger partial charge in [0.05, 0.1) is 3.79 Å². The van der Waals surface area contributed by atoms with Gasteiger partial charge < -0.3 is 0 Å². The molecule has 0 spiro atoms. The Hall–Kier alpha value is 0.01000. The SMILES string of the molecule is CSc1cc(C)c2cc(Br)sc2c1. The third kappa shape index (κ3) is 1.78. The molecular formula is C10H9BrS2. The van der Waals surface area contributed by atoms with E-state index in [1.807, 2.05) is 0 Å². The number of halogens is 1. The summed E-state index contributed by atoms with van der Waals surface area (Å²) in [6.45, 7) is 2.17. The largest absolute Gasteiger partial charge is 0.130 e. The van der Waals surface area contributed by atoms with Crippen LogP contribution in [-0.2, 0) is 0 Å². The fourth-order valence-electron chi connectivity index (χ4n) is 1.37. The molecule has 1 aromatic heterocycles. The number of rotatable bonds is 1. The topological polar surface area (TPSA) is 0 Å². The van der Waals surface area contributed by atoms with Crippen molar-refractivity contribution >= 4 is 49.1 Å². The lowest BCUT2D eigenvalue weighted by atomic mass is 10.2. The molecule has 0 unspecified atom stereocenters. The highest BCUT2D eigenvalue weighted by Crippen LogP contribution is 2.34. The zero-order valence-corrected chi connectivity index (χ0v) is 10.6. The fraction of sp³-hybridized carbons (Fsp3) is 0.200. The smallest absolute Gasteiger partial charge is 0.0711 e. The zero-order valence-electron chi connectivity index (χ0n) is 7.43. The summed E-state index contributed by atoms with van der Waals surface area (Å²) < 4.78 is 2.58. The lowest BCUT2D eigenvalue weighted by Gasteiger charge is -1.99. The highest BCUT2D eigenvalue weighted by Gasteiger charge is 2.03. The molecule has 0 atom stereocenters. The van der Waals surface area contributed by atoms with Crippen LogP contribution in [-0.4, -0.2) is 6.26 Å². The molecule has 68 valence electrons. The molecule has 0 nitrogen and oxygen atoms in total. The van der Waals surface area contributed by atoms with Crippen molar-refractivity contribution in [2.75, 3.05) is 6.26 Å². The molecule has 0 radical (unpaired) electrons. The van der Waals surface area contributed by atoms with E-state index in [-0.39, 0.29) is 0 Å². The van der Waals surface area contributed by atoms with Gasteiger partial charge in [-0.15, -0.1) is 23.1 Å². The molecule has 13 heavy (non-hydrogen) atoms. The molecule has 0 saturated carbocycles. The van der Waals surface area contributed by atoms with Crippen LogP contribution in [0.15, 0.2) is 26.9 Å². The van der Waals surface area contributed by atoms with Gasteiger partial charge in [0.2, 0.25) is 0 Å². The normalized spacial score (nSPS) is 11.0. The number of benzene rings is 1. The maximum atomic E-state index is 3.52. The van der Waals surface area contributed by atoms with Crippen LogP contribution in [0.5, 0.6) is 0 Å². The Morgan fingerprint density at radius 3 is 2.77 bits per heavy atom. The maximum Gasteiger partial charge on any atom is 0.0711 e. The monoisotopic (exact) mass is 272 g/mol. The van der Waals surface area contributed by atoms with Crippen LogP contribution < -0.4 is 0 Å². The minimum absolute atomic E-state index is 1.21. The Kier molecular flexibility index (Phi) is 2.67. The first-order valence-corrected chi connectivity index (χ1v) is 6.78. The van der Waals surface area contributed by atoms with E-state index in [2.05, 4.69) is 47.3 Å². The van der Waals surface area contributed by atoms with Crippen molar-refractivity contribution in [1.82, 2.24) is 0 Å². The second kappa shape index (κ2) is 3.64. The summed E-state index contributed by atoms with van der Waals surface area (Å²) in [5, 5.41) is 1.37. The van der Waals surface area contributed by atoms with Crippen molar-refractivity contribution in [3.63, 3.8) is 0 Å². The molecule has 0 amide bonds. The summed E-state index contributed by atoms with van der Waals surface area (Å²) in [5.41, 5.74) is 1.36. The third-order valence-corrected chi connectivity index (χ3v) is 4.32. The van der Waals surface area contributed by atoms with Gasteiger partial charge in [0.15, 0.2) is 0 Å². The van der Waals surface area contributed by atoms with E-state index in [0.717, 1.165) is 0 Å². The Bertz CT molecular complexity index is 445. The van der Waals surface area contributed by atoms with Gasteiger partial charge in [-0.25, -0.2) is 0 Å². The number of thiophene rings is 1. The van der Waals surface area contributed by atoms with Crippen LogP contribution in [0.3, 0.4) is 0 Å². The summed E-state index contributed by atoms with van der Waals surface area (Å²) >= 11 is 7.11. The van der Waals surface area contributed by atoms with Gasteiger partial charge in [-0.2, -0.15) is 0 Å². The van der Waals surface area contributed by atoms with E-state index in [9.17, 15) is 0 Å². The highest BCUT2D eigenvalue weighted by atomic mass is 79.9. The minimum atomic E-state index is 1.21. The van der Waals surface area contributed by atoms with Crippen LogP contribution in [0, 0.1) is 6.92 Å². The summed E-state index contributed by atoms with van der Waals surface area (Å²) in [4.78, 5) is 1.35.